The van der Waals surface area contributed by atoms with E-state index < -0.39 is 34.4 Å². The van der Waals surface area contributed by atoms with Gasteiger partial charge in [0.2, 0.25) is 0 Å². The molecule has 1 aliphatic carbocycles. The Morgan fingerprint density at radius 2 is 1.80 bits per heavy atom. The monoisotopic (exact) mass is 590 g/mol. The highest BCUT2D eigenvalue weighted by Crippen LogP contribution is 2.33. The van der Waals surface area contributed by atoms with Crippen LogP contribution in [0.5, 0.6) is 5.75 Å². The van der Waals surface area contributed by atoms with Gasteiger partial charge in [-0.25, -0.2) is 13.2 Å². The molecule has 0 aromatic heterocycles. The highest BCUT2D eigenvalue weighted by Gasteiger charge is 2.44. The van der Waals surface area contributed by atoms with Crippen molar-refractivity contribution >= 4 is 16.1 Å². The summed E-state index contributed by atoms with van der Waals surface area (Å²) in [6, 6.07) is 14.9. The lowest BCUT2D eigenvalue weighted by Crippen LogP contribution is -2.49. The van der Waals surface area contributed by atoms with Gasteiger partial charge in [0, 0.05) is 0 Å². The quantitative estimate of drug-likeness (QED) is 0.357. The fourth-order valence-electron chi connectivity index (χ4n) is 5.24. The molecule has 224 valence electrons. The zero-order chi connectivity index (χ0) is 28.8. The maximum absolute atomic E-state index is 13.6. The van der Waals surface area contributed by atoms with Crippen molar-refractivity contribution in [1.82, 2.24) is 9.79 Å². The molecule has 5 rings (SSSR count). The smallest absolute Gasteiger partial charge is 0.407 e. The van der Waals surface area contributed by atoms with Crippen LogP contribution in [0.3, 0.4) is 0 Å². The second-order valence-electron chi connectivity index (χ2n) is 10.7. The van der Waals surface area contributed by atoms with Crippen molar-refractivity contribution in [3.05, 3.63) is 60.2 Å². The predicted molar refractivity (Wildman–Crippen MR) is 147 cm³/mol. The Bertz CT molecular complexity index is 1240. The molecule has 2 aromatic carbocycles. The maximum Gasteiger partial charge on any atom is 0.407 e. The molecule has 3 fully saturated rings. The molecule has 12 heteroatoms. The van der Waals surface area contributed by atoms with E-state index in [4.69, 9.17) is 23.8 Å². The van der Waals surface area contributed by atoms with Gasteiger partial charge < -0.3 is 29.4 Å². The molecule has 2 N–H and O–H groups in total. The summed E-state index contributed by atoms with van der Waals surface area (Å²) in [4.78, 5) is 18.5. The van der Waals surface area contributed by atoms with Crippen molar-refractivity contribution in [1.29, 1.82) is 0 Å². The summed E-state index contributed by atoms with van der Waals surface area (Å²) in [5, 5.41) is 13.5. The molecule has 1 saturated carbocycles. The molecule has 0 radical (unpaired) electrons. The van der Waals surface area contributed by atoms with Gasteiger partial charge in [-0.3, -0.25) is 4.84 Å². The average Bonchev–Trinajstić information content (AvgIpc) is 3.73. The molecule has 1 unspecified atom stereocenters. The van der Waals surface area contributed by atoms with Crippen LogP contribution >= 0.6 is 0 Å². The van der Waals surface area contributed by atoms with E-state index in [-0.39, 0.29) is 36.4 Å². The number of carbonyl (C=O) groups is 1. The van der Waals surface area contributed by atoms with Crippen molar-refractivity contribution in [3.8, 4) is 5.75 Å². The van der Waals surface area contributed by atoms with E-state index in [1.807, 2.05) is 30.3 Å². The number of nitrogens with one attached hydrogen (secondary N) is 1. The highest BCUT2D eigenvalue weighted by molar-refractivity contribution is 7.89. The van der Waals surface area contributed by atoms with E-state index in [0.717, 1.165) is 42.1 Å². The third-order valence-electron chi connectivity index (χ3n) is 7.71. The van der Waals surface area contributed by atoms with Crippen molar-refractivity contribution in [2.75, 3.05) is 19.8 Å². The summed E-state index contributed by atoms with van der Waals surface area (Å²) in [6.07, 6.45) is 1.03. The molecule has 3 aliphatic rings. The van der Waals surface area contributed by atoms with Crippen molar-refractivity contribution < 1.29 is 42.1 Å². The van der Waals surface area contributed by atoms with Crippen LogP contribution in [-0.4, -0.2) is 74.5 Å². The Morgan fingerprint density at radius 3 is 2.54 bits per heavy atom. The lowest BCUT2D eigenvalue weighted by molar-refractivity contribution is -0.144. The summed E-state index contributed by atoms with van der Waals surface area (Å²) in [7, 11) is -4.14. The van der Waals surface area contributed by atoms with Gasteiger partial charge in [0.25, 0.3) is 10.0 Å². The first-order chi connectivity index (χ1) is 19.8. The molecule has 2 aromatic rings. The Balaban J connectivity index is 1.20. The predicted octanol–water partition coefficient (Wildman–Crippen LogP) is 3.37. The highest BCUT2D eigenvalue weighted by atomic mass is 32.2. The number of aliphatic hydroxyl groups is 1. The molecule has 11 nitrogen and oxygen atoms in total. The lowest BCUT2D eigenvalue weighted by Gasteiger charge is -2.29. The second kappa shape index (κ2) is 13.5. The normalized spacial score (nSPS) is 24.2. The Morgan fingerprint density at radius 1 is 1.07 bits per heavy atom. The van der Waals surface area contributed by atoms with E-state index in [2.05, 4.69) is 5.32 Å². The number of aliphatic hydroxyl groups excluding tert-OH is 1. The summed E-state index contributed by atoms with van der Waals surface area (Å²) in [5.41, 5.74) is 0.995. The maximum atomic E-state index is 13.6. The number of nitrogens with zero attached hydrogens (tertiary/aromatic N) is 1. The number of ether oxygens (including phenoxy) is 4. The number of alkyl carbamates (subject to hydrolysis) is 1. The Labute approximate surface area is 240 Å². The molecule has 41 heavy (non-hydrogen) atoms. The molecule has 1 amide bonds. The van der Waals surface area contributed by atoms with Gasteiger partial charge in [-0.2, -0.15) is 0 Å². The lowest BCUT2D eigenvalue weighted by atomic mass is 10.0. The van der Waals surface area contributed by atoms with Crippen LogP contribution in [0.2, 0.25) is 0 Å². The third kappa shape index (κ3) is 7.56. The van der Waals surface area contributed by atoms with Crippen LogP contribution < -0.4 is 10.1 Å². The first-order valence-corrected chi connectivity index (χ1v) is 15.6. The van der Waals surface area contributed by atoms with Crippen molar-refractivity contribution in [2.45, 2.75) is 81.2 Å². The van der Waals surface area contributed by atoms with Gasteiger partial charge in [-0.1, -0.05) is 47.6 Å². The van der Waals surface area contributed by atoms with Gasteiger partial charge in [0.1, 0.15) is 18.5 Å². The van der Waals surface area contributed by atoms with Crippen molar-refractivity contribution in [3.63, 3.8) is 0 Å². The Hall–Kier alpha value is -2.74. The molecule has 2 heterocycles. The van der Waals surface area contributed by atoms with Gasteiger partial charge in [-0.05, 0) is 56.0 Å². The number of fused-ring (bicyclic) bond motifs is 1. The number of hydroxylamine groups is 1. The number of amides is 1. The van der Waals surface area contributed by atoms with Crippen LogP contribution in [0.4, 0.5) is 4.79 Å². The van der Waals surface area contributed by atoms with E-state index in [9.17, 15) is 18.3 Å². The molecule has 0 bridgehead atoms. The van der Waals surface area contributed by atoms with Crippen LogP contribution in [0.1, 0.15) is 44.6 Å². The zero-order valence-electron chi connectivity index (χ0n) is 23.1. The van der Waals surface area contributed by atoms with Gasteiger partial charge >= 0.3 is 6.09 Å². The van der Waals surface area contributed by atoms with Gasteiger partial charge in [-0.15, -0.1) is 0 Å². The largest absolute Gasteiger partial charge is 0.489 e. The number of rotatable bonds is 12. The first kappa shape index (κ1) is 29.7. The molecular weight excluding hydrogens is 552 g/mol. The van der Waals surface area contributed by atoms with Gasteiger partial charge in [0.15, 0.2) is 6.29 Å². The minimum Gasteiger partial charge on any atom is -0.489 e. The number of hydrogen-bond donors (Lipinski definition) is 2. The van der Waals surface area contributed by atoms with E-state index >= 15 is 0 Å². The first-order valence-electron chi connectivity index (χ1n) is 14.1. The zero-order valence-corrected chi connectivity index (χ0v) is 23.9. The standard InChI is InChI=1S/C29H38N2O9S/c1-20(30-29(33)39-27-19-38-28-25(27)15-16-36-28)26(32)17-31(40-23-9-5-6-10-23)41(34,35)24-13-11-22(12-14-24)37-18-21-7-3-2-4-8-21/h2-4,7-8,11-14,20,23,25-28,32H,5-6,9-10,15-19H2,1H3,(H,30,33)/t20-,25-,26+,27?,28+/m0/s1. The summed E-state index contributed by atoms with van der Waals surface area (Å²) < 4.78 is 50.4. The Kier molecular flexibility index (Phi) is 9.79. The fraction of sp³-hybridized carbons (Fsp3) is 0.552. The van der Waals surface area contributed by atoms with E-state index in [1.165, 1.54) is 12.1 Å². The average molecular weight is 591 g/mol. The molecule has 5 atom stereocenters. The fourth-order valence-corrected chi connectivity index (χ4v) is 6.54. The summed E-state index contributed by atoms with van der Waals surface area (Å²) in [5.74, 6) is 0.507. The molecule has 2 saturated heterocycles. The van der Waals surface area contributed by atoms with Crippen LogP contribution in [-0.2, 0) is 35.7 Å². The molecule has 2 aliphatic heterocycles. The summed E-state index contributed by atoms with van der Waals surface area (Å²) >= 11 is 0. The van der Waals surface area contributed by atoms with E-state index in [1.54, 1.807) is 19.1 Å². The van der Waals surface area contributed by atoms with Gasteiger partial charge in [0.05, 0.1) is 48.8 Å². The van der Waals surface area contributed by atoms with Crippen LogP contribution in [0.15, 0.2) is 59.5 Å². The number of sulfonamides is 1. The summed E-state index contributed by atoms with van der Waals surface area (Å²) in [6.45, 7) is 2.36. The van der Waals surface area contributed by atoms with Crippen molar-refractivity contribution in [2.24, 2.45) is 5.92 Å². The topological polar surface area (TPSA) is 133 Å². The van der Waals surface area contributed by atoms with Crippen LogP contribution in [0.25, 0.3) is 0 Å². The number of benzene rings is 2. The number of hydrogen-bond acceptors (Lipinski definition) is 9. The minimum absolute atomic E-state index is 0.00403. The number of carbonyl (C=O) groups excluding carboxylic acids is 1. The second-order valence-corrected chi connectivity index (χ2v) is 12.5. The minimum atomic E-state index is -4.14. The molecule has 0 spiro atoms. The molecular formula is C29H38N2O9S. The van der Waals surface area contributed by atoms with E-state index in [0.29, 0.717) is 19.0 Å². The SMILES string of the molecule is C[C@H](NC(=O)OC1CO[C@H]2OCC[C@@H]12)[C@H](O)CN(OC1CCCC1)S(=O)(=O)c1ccc(OCc2ccccc2)cc1. The third-order valence-corrected chi connectivity index (χ3v) is 9.35. The van der Waals surface area contributed by atoms with Crippen LogP contribution in [0, 0.1) is 5.92 Å².